The van der Waals surface area contributed by atoms with E-state index in [0.717, 1.165) is 12.8 Å². The molecule has 0 unspecified atom stereocenters. The van der Waals surface area contributed by atoms with Crippen molar-refractivity contribution in [2.75, 3.05) is 0 Å². The van der Waals surface area contributed by atoms with Crippen LogP contribution in [0.1, 0.15) is 125 Å². The van der Waals surface area contributed by atoms with Crippen molar-refractivity contribution >= 4 is 5.97 Å². The second kappa shape index (κ2) is 18.5. The van der Waals surface area contributed by atoms with Crippen molar-refractivity contribution in [1.82, 2.24) is 0 Å². The van der Waals surface area contributed by atoms with Gasteiger partial charge in [0.15, 0.2) is 0 Å². The van der Waals surface area contributed by atoms with E-state index in [1.165, 1.54) is 83.5 Å². The molecule has 0 aliphatic heterocycles. The predicted octanol–water partition coefficient (Wildman–Crippen LogP) is 7.11. The minimum atomic E-state index is -2.05. The highest BCUT2D eigenvalue weighted by molar-refractivity contribution is 5.66. The number of rotatable bonds is 18. The van der Waals surface area contributed by atoms with Crippen molar-refractivity contribution in [2.24, 2.45) is 0 Å². The summed E-state index contributed by atoms with van der Waals surface area (Å²) in [6, 6.07) is 0. The normalized spacial score (nSPS) is 13.0. The van der Waals surface area contributed by atoms with Crippen LogP contribution >= 0.6 is 0 Å². The van der Waals surface area contributed by atoms with E-state index in [1.54, 1.807) is 0 Å². The molecule has 0 atom stereocenters. The Balaban J connectivity index is 3.14. The van der Waals surface area contributed by atoms with Crippen LogP contribution in [-0.2, 0) is 4.79 Å². The standard InChI is InChI=1S/C20H40O2/c1-2-3-4-5-6-7-8-9-10-11-12-13-14-15-16-17-18-19-20(21)22/h2-19H2,1H3,(H,21,22)/i19D2. The van der Waals surface area contributed by atoms with Gasteiger partial charge in [0, 0.05) is 9.11 Å². The molecule has 0 saturated carbocycles. The predicted molar refractivity (Wildman–Crippen MR) is 96.4 cm³/mol. The van der Waals surface area contributed by atoms with Gasteiger partial charge in [-0.15, -0.1) is 0 Å². The molecule has 0 aromatic heterocycles. The molecular formula is C20H40O2. The van der Waals surface area contributed by atoms with Gasteiger partial charge in [-0.05, 0) is 6.42 Å². The molecule has 22 heavy (non-hydrogen) atoms. The molecule has 0 amide bonds. The summed E-state index contributed by atoms with van der Waals surface area (Å²) in [4.78, 5) is 10.6. The van der Waals surface area contributed by atoms with Crippen LogP contribution in [0.15, 0.2) is 0 Å². The smallest absolute Gasteiger partial charge is 0.303 e. The highest BCUT2D eigenvalue weighted by Crippen LogP contribution is 2.14. The Hall–Kier alpha value is -0.530. The molecule has 0 aromatic rings. The lowest BCUT2D eigenvalue weighted by molar-refractivity contribution is -0.137. The van der Waals surface area contributed by atoms with E-state index < -0.39 is 12.3 Å². The zero-order valence-electron chi connectivity index (χ0n) is 16.9. The average molecular weight is 315 g/mol. The van der Waals surface area contributed by atoms with Crippen LogP contribution in [0.25, 0.3) is 0 Å². The second-order valence-electron chi connectivity index (χ2n) is 6.54. The third-order valence-electron chi connectivity index (χ3n) is 4.31. The van der Waals surface area contributed by atoms with Gasteiger partial charge in [0.2, 0.25) is 0 Å². The molecule has 0 rings (SSSR count). The number of hydrogen-bond donors (Lipinski definition) is 1. The fraction of sp³-hybridized carbons (Fsp3) is 0.950. The van der Waals surface area contributed by atoms with Crippen molar-refractivity contribution in [2.45, 2.75) is 122 Å². The van der Waals surface area contributed by atoms with Gasteiger partial charge in [0.05, 0.1) is 0 Å². The van der Waals surface area contributed by atoms with Crippen molar-refractivity contribution < 1.29 is 12.6 Å². The lowest BCUT2D eigenvalue weighted by Gasteiger charge is -2.03. The zero-order valence-corrected chi connectivity index (χ0v) is 14.9. The largest absolute Gasteiger partial charge is 0.481 e. The summed E-state index contributed by atoms with van der Waals surface area (Å²) in [5.41, 5.74) is 0. The first-order chi connectivity index (χ1) is 11.5. The van der Waals surface area contributed by atoms with Crippen LogP contribution in [-0.4, -0.2) is 11.1 Å². The summed E-state index contributed by atoms with van der Waals surface area (Å²) >= 11 is 0. The Kier molecular flexibility index (Phi) is 15.0. The Bertz CT molecular complexity index is 293. The van der Waals surface area contributed by atoms with Crippen molar-refractivity contribution in [1.29, 1.82) is 0 Å². The first-order valence-corrected chi connectivity index (χ1v) is 9.74. The van der Waals surface area contributed by atoms with Crippen LogP contribution in [0.3, 0.4) is 0 Å². The summed E-state index contributed by atoms with van der Waals surface area (Å²) < 4.78 is 14.7. The van der Waals surface area contributed by atoms with Crippen LogP contribution in [0.4, 0.5) is 0 Å². The lowest BCUT2D eigenvalue weighted by Crippen LogP contribution is -1.93. The quantitative estimate of drug-likeness (QED) is 0.274. The number of hydrogen-bond acceptors (Lipinski definition) is 1. The Morgan fingerprint density at radius 1 is 0.636 bits per heavy atom. The summed E-state index contributed by atoms with van der Waals surface area (Å²) in [5, 5.41) is 8.69. The maximum Gasteiger partial charge on any atom is 0.303 e. The Morgan fingerprint density at radius 2 is 0.909 bits per heavy atom. The highest BCUT2D eigenvalue weighted by Gasteiger charge is 1.97. The van der Waals surface area contributed by atoms with Crippen LogP contribution < -0.4 is 0 Å². The molecule has 0 aromatic carbocycles. The number of carbonyl (C=O) groups is 1. The maximum absolute atomic E-state index is 10.6. The summed E-state index contributed by atoms with van der Waals surface area (Å²) in [6.07, 6.45) is 18.5. The van der Waals surface area contributed by atoms with Crippen LogP contribution in [0.2, 0.25) is 0 Å². The molecule has 0 fully saturated rings. The van der Waals surface area contributed by atoms with E-state index in [0.29, 0.717) is 6.42 Å². The maximum atomic E-state index is 10.6. The molecule has 132 valence electrons. The molecule has 0 radical (unpaired) electrons. The number of aliphatic carboxylic acids is 1. The molecule has 2 nitrogen and oxygen atoms in total. The SMILES string of the molecule is [2H]C([2H])(CCCCCCCCCCCCCCCCCC)C(=O)O. The Labute approximate surface area is 141 Å². The van der Waals surface area contributed by atoms with Crippen molar-refractivity contribution in [3.63, 3.8) is 0 Å². The molecule has 0 heterocycles. The molecule has 0 aliphatic rings. The fourth-order valence-electron chi connectivity index (χ4n) is 2.87. The lowest BCUT2D eigenvalue weighted by atomic mass is 10.0. The molecule has 0 aliphatic carbocycles. The zero-order chi connectivity index (χ0) is 18.1. The van der Waals surface area contributed by atoms with E-state index in [1.807, 2.05) is 0 Å². The number of carboxylic acids is 1. The average Bonchev–Trinajstić information content (AvgIpc) is 2.54. The second-order valence-corrected chi connectivity index (χ2v) is 6.54. The molecule has 2 heteroatoms. The third-order valence-corrected chi connectivity index (χ3v) is 4.31. The minimum Gasteiger partial charge on any atom is -0.481 e. The van der Waals surface area contributed by atoms with Gasteiger partial charge in [-0.3, -0.25) is 4.79 Å². The molecule has 1 N–H and O–H groups in total. The van der Waals surface area contributed by atoms with Gasteiger partial charge in [0.1, 0.15) is 0 Å². The Morgan fingerprint density at radius 3 is 1.18 bits per heavy atom. The van der Waals surface area contributed by atoms with Gasteiger partial charge in [0.25, 0.3) is 0 Å². The van der Waals surface area contributed by atoms with E-state index in [9.17, 15) is 4.79 Å². The first-order valence-electron chi connectivity index (χ1n) is 10.7. The topological polar surface area (TPSA) is 37.3 Å². The summed E-state index contributed by atoms with van der Waals surface area (Å²) in [6.45, 7) is 2.26. The molecule has 0 bridgehead atoms. The van der Waals surface area contributed by atoms with Crippen molar-refractivity contribution in [3.05, 3.63) is 0 Å². The molecule has 0 saturated heterocycles. The summed E-state index contributed by atoms with van der Waals surface area (Å²) in [5.74, 6) is -1.33. The first kappa shape index (κ1) is 17.8. The van der Waals surface area contributed by atoms with Crippen molar-refractivity contribution in [3.8, 4) is 0 Å². The minimum absolute atomic E-state index is 0.140. The van der Waals surface area contributed by atoms with E-state index in [4.69, 9.17) is 7.85 Å². The van der Waals surface area contributed by atoms with Crippen LogP contribution in [0, 0.1) is 0 Å². The van der Waals surface area contributed by atoms with E-state index in [2.05, 4.69) is 6.92 Å². The molecule has 0 spiro atoms. The number of carboxylic acid groups (broad SMARTS) is 1. The van der Waals surface area contributed by atoms with Gasteiger partial charge in [-0.25, -0.2) is 0 Å². The van der Waals surface area contributed by atoms with E-state index >= 15 is 0 Å². The van der Waals surface area contributed by atoms with E-state index in [-0.39, 0.29) is 6.42 Å². The highest BCUT2D eigenvalue weighted by atomic mass is 16.4. The number of unbranched alkanes of at least 4 members (excludes halogenated alkanes) is 15. The monoisotopic (exact) mass is 314 g/mol. The van der Waals surface area contributed by atoms with Crippen LogP contribution in [0.5, 0.6) is 0 Å². The molecular weight excluding hydrogens is 272 g/mol. The third kappa shape index (κ3) is 19.5. The van der Waals surface area contributed by atoms with Gasteiger partial charge < -0.3 is 5.11 Å². The summed E-state index contributed by atoms with van der Waals surface area (Å²) in [7, 11) is 0. The van der Waals surface area contributed by atoms with Gasteiger partial charge in [-0.2, -0.15) is 0 Å². The van der Waals surface area contributed by atoms with Gasteiger partial charge in [-0.1, -0.05) is 110 Å². The van der Waals surface area contributed by atoms with Gasteiger partial charge >= 0.3 is 5.97 Å². The fourth-order valence-corrected chi connectivity index (χ4v) is 2.87.